The summed E-state index contributed by atoms with van der Waals surface area (Å²) in [6.45, 7) is 6.98. The molecule has 0 bridgehead atoms. The fraction of sp³-hybridized carbons (Fsp3) is 0.333. The van der Waals surface area contributed by atoms with Gasteiger partial charge in [-0.15, -0.1) is 0 Å². The van der Waals surface area contributed by atoms with Gasteiger partial charge in [0.2, 0.25) is 0 Å². The molecule has 1 aliphatic rings. The molecule has 164 valence electrons. The Kier molecular flexibility index (Phi) is 7.07. The van der Waals surface area contributed by atoms with Crippen molar-refractivity contribution in [2.24, 2.45) is 0 Å². The minimum Gasteiger partial charge on any atom is -0.508 e. The number of aliphatic hydroxyl groups excluding tert-OH is 1. The molecule has 7 heteroatoms. The van der Waals surface area contributed by atoms with E-state index in [1.54, 1.807) is 12.1 Å². The number of benzene rings is 2. The molecule has 0 saturated carbocycles. The molecule has 2 N–H and O–H groups in total. The molecule has 2 aromatic rings. The van der Waals surface area contributed by atoms with Crippen molar-refractivity contribution in [2.45, 2.75) is 26.3 Å². The van der Waals surface area contributed by atoms with Crippen LogP contribution in [0.25, 0.3) is 5.76 Å². The van der Waals surface area contributed by atoms with E-state index in [4.69, 9.17) is 0 Å². The minimum atomic E-state index is -0.839. The maximum Gasteiger partial charge on any atom is 0.295 e. The first-order valence-corrected chi connectivity index (χ1v) is 10.4. The van der Waals surface area contributed by atoms with Crippen molar-refractivity contribution >= 4 is 17.4 Å². The number of phenolic OH excluding ortho intramolecular Hbond substituents is 1. The van der Waals surface area contributed by atoms with Gasteiger partial charge in [0.05, 0.1) is 11.6 Å². The summed E-state index contributed by atoms with van der Waals surface area (Å²) < 4.78 is 13.3. The molecule has 3 rings (SSSR count). The van der Waals surface area contributed by atoms with E-state index in [0.717, 1.165) is 19.6 Å². The van der Waals surface area contributed by atoms with Crippen LogP contribution in [-0.4, -0.2) is 57.9 Å². The Bertz CT molecular complexity index is 983. The second kappa shape index (κ2) is 9.75. The quantitative estimate of drug-likeness (QED) is 0.382. The highest BCUT2D eigenvalue weighted by atomic mass is 19.1. The highest BCUT2D eigenvalue weighted by molar-refractivity contribution is 6.46. The van der Waals surface area contributed by atoms with Gasteiger partial charge in [-0.2, -0.15) is 0 Å². The number of nitrogens with zero attached hydrogens (tertiary/aromatic N) is 2. The third-order valence-corrected chi connectivity index (χ3v) is 5.61. The first kappa shape index (κ1) is 22.5. The molecule has 1 unspecified atom stereocenters. The van der Waals surface area contributed by atoms with E-state index < -0.39 is 23.5 Å². The Morgan fingerprint density at radius 2 is 1.77 bits per heavy atom. The van der Waals surface area contributed by atoms with Crippen molar-refractivity contribution in [1.29, 1.82) is 0 Å². The maximum absolute atomic E-state index is 13.3. The van der Waals surface area contributed by atoms with E-state index in [-0.39, 0.29) is 22.6 Å². The van der Waals surface area contributed by atoms with Gasteiger partial charge in [-0.3, -0.25) is 9.59 Å². The number of carbonyl (C=O) groups excluding carboxylic acids is 2. The number of hydrogen-bond acceptors (Lipinski definition) is 5. The molecular formula is C24H27FN2O4. The summed E-state index contributed by atoms with van der Waals surface area (Å²) >= 11 is 0. The molecule has 1 aliphatic heterocycles. The molecule has 31 heavy (non-hydrogen) atoms. The number of ketones is 1. The van der Waals surface area contributed by atoms with Crippen LogP contribution in [-0.2, 0) is 9.59 Å². The van der Waals surface area contributed by atoms with Gasteiger partial charge in [-0.25, -0.2) is 4.39 Å². The van der Waals surface area contributed by atoms with Crippen molar-refractivity contribution < 1.29 is 24.2 Å². The molecule has 0 aromatic heterocycles. The van der Waals surface area contributed by atoms with Gasteiger partial charge in [0.25, 0.3) is 11.7 Å². The average molecular weight is 426 g/mol. The Morgan fingerprint density at radius 1 is 1.10 bits per heavy atom. The number of aromatic hydroxyl groups is 1. The highest BCUT2D eigenvalue weighted by Gasteiger charge is 2.45. The lowest BCUT2D eigenvalue weighted by atomic mass is 9.95. The van der Waals surface area contributed by atoms with Crippen molar-refractivity contribution in [3.63, 3.8) is 0 Å². The van der Waals surface area contributed by atoms with Gasteiger partial charge in [0.15, 0.2) is 0 Å². The maximum atomic E-state index is 13.3. The second-order valence-corrected chi connectivity index (χ2v) is 7.47. The number of halogens is 1. The van der Waals surface area contributed by atoms with Crippen molar-refractivity contribution in [3.8, 4) is 5.75 Å². The predicted molar refractivity (Wildman–Crippen MR) is 116 cm³/mol. The van der Waals surface area contributed by atoms with Crippen LogP contribution in [0.4, 0.5) is 4.39 Å². The number of likely N-dealkylation sites (tertiary alicyclic amines) is 1. The molecule has 6 nitrogen and oxygen atoms in total. The standard InChI is InChI=1S/C24H27FN2O4/c1-3-26(4-2)13-6-14-27-21(17-7-5-8-19(28)15-17)20(23(30)24(27)31)22(29)16-9-11-18(25)12-10-16/h5,7-12,15,21,28-29H,3-4,6,13-14H2,1-2H3. The second-order valence-electron chi connectivity index (χ2n) is 7.47. The Morgan fingerprint density at radius 3 is 2.39 bits per heavy atom. The van der Waals surface area contributed by atoms with Crippen LogP contribution < -0.4 is 0 Å². The first-order valence-electron chi connectivity index (χ1n) is 10.4. The summed E-state index contributed by atoms with van der Waals surface area (Å²) in [5.41, 5.74) is 0.698. The van der Waals surface area contributed by atoms with Gasteiger partial charge < -0.3 is 20.0 Å². The van der Waals surface area contributed by atoms with Crippen LogP contribution in [0.2, 0.25) is 0 Å². The van der Waals surface area contributed by atoms with Crippen LogP contribution in [0.1, 0.15) is 37.4 Å². The summed E-state index contributed by atoms with van der Waals surface area (Å²) in [5.74, 6) is -2.33. The molecule has 0 radical (unpaired) electrons. The monoisotopic (exact) mass is 426 g/mol. The number of carbonyl (C=O) groups is 2. The van der Waals surface area contributed by atoms with Crippen LogP contribution in [0.5, 0.6) is 5.75 Å². The van der Waals surface area contributed by atoms with Crippen molar-refractivity contribution in [3.05, 3.63) is 71.0 Å². The molecule has 1 saturated heterocycles. The van der Waals surface area contributed by atoms with E-state index >= 15 is 0 Å². The third kappa shape index (κ3) is 4.77. The number of rotatable bonds is 8. The summed E-state index contributed by atoms with van der Waals surface area (Å²) in [6.07, 6.45) is 0.653. The minimum absolute atomic E-state index is 0.00647. The summed E-state index contributed by atoms with van der Waals surface area (Å²) in [4.78, 5) is 29.5. The number of Topliss-reactive ketones (excluding diaryl/α,β-unsaturated/α-hetero) is 1. The van der Waals surface area contributed by atoms with Crippen molar-refractivity contribution in [2.75, 3.05) is 26.2 Å². The number of aliphatic hydroxyl groups is 1. The molecule has 1 amide bonds. The molecular weight excluding hydrogens is 399 g/mol. The van der Waals surface area contributed by atoms with E-state index in [2.05, 4.69) is 18.7 Å². The lowest BCUT2D eigenvalue weighted by Crippen LogP contribution is -2.33. The molecule has 0 aliphatic carbocycles. The van der Waals surface area contributed by atoms with Gasteiger partial charge >= 0.3 is 0 Å². The predicted octanol–water partition coefficient (Wildman–Crippen LogP) is 3.68. The molecule has 1 fully saturated rings. The Balaban J connectivity index is 2.02. The largest absolute Gasteiger partial charge is 0.508 e. The average Bonchev–Trinajstić information content (AvgIpc) is 3.01. The van der Waals surface area contributed by atoms with E-state index in [1.165, 1.54) is 41.3 Å². The molecule has 0 spiro atoms. The van der Waals surface area contributed by atoms with Gasteiger partial charge in [-0.05, 0) is 68.0 Å². The fourth-order valence-electron chi connectivity index (χ4n) is 3.92. The van der Waals surface area contributed by atoms with Gasteiger partial charge in [0.1, 0.15) is 17.3 Å². The van der Waals surface area contributed by atoms with Crippen LogP contribution in [0.3, 0.4) is 0 Å². The summed E-state index contributed by atoms with van der Waals surface area (Å²) in [6, 6.07) is 10.5. The third-order valence-electron chi connectivity index (χ3n) is 5.61. The zero-order valence-electron chi connectivity index (χ0n) is 17.7. The Labute approximate surface area is 181 Å². The first-order chi connectivity index (χ1) is 14.9. The normalized spacial score (nSPS) is 18.2. The lowest BCUT2D eigenvalue weighted by Gasteiger charge is -2.26. The fourth-order valence-corrected chi connectivity index (χ4v) is 3.92. The van der Waals surface area contributed by atoms with Crippen molar-refractivity contribution in [1.82, 2.24) is 9.80 Å². The Hall–Kier alpha value is -3.19. The van der Waals surface area contributed by atoms with E-state index in [1.807, 2.05) is 0 Å². The zero-order chi connectivity index (χ0) is 22.5. The zero-order valence-corrected chi connectivity index (χ0v) is 17.7. The summed E-state index contributed by atoms with van der Waals surface area (Å²) in [5, 5.41) is 20.9. The lowest BCUT2D eigenvalue weighted by molar-refractivity contribution is -0.140. The topological polar surface area (TPSA) is 81.1 Å². The molecule has 1 atom stereocenters. The van der Waals surface area contributed by atoms with Crippen LogP contribution >= 0.6 is 0 Å². The van der Waals surface area contributed by atoms with Crippen LogP contribution in [0, 0.1) is 5.82 Å². The summed E-state index contributed by atoms with van der Waals surface area (Å²) in [7, 11) is 0. The van der Waals surface area contributed by atoms with E-state index in [0.29, 0.717) is 18.5 Å². The smallest absolute Gasteiger partial charge is 0.295 e. The van der Waals surface area contributed by atoms with Gasteiger partial charge in [-0.1, -0.05) is 26.0 Å². The number of amides is 1. The van der Waals surface area contributed by atoms with Gasteiger partial charge in [0, 0.05) is 12.1 Å². The molecule has 1 heterocycles. The highest BCUT2D eigenvalue weighted by Crippen LogP contribution is 2.40. The van der Waals surface area contributed by atoms with Crippen LogP contribution in [0.15, 0.2) is 54.1 Å². The number of phenols is 1. The molecule has 2 aromatic carbocycles. The SMILES string of the molecule is CCN(CC)CCCN1C(=O)C(=O)C(=C(O)c2ccc(F)cc2)C1c1cccc(O)c1. The number of hydrogen-bond donors (Lipinski definition) is 2. The van der Waals surface area contributed by atoms with E-state index in [9.17, 15) is 24.2 Å².